The van der Waals surface area contributed by atoms with Gasteiger partial charge in [0.1, 0.15) is 5.69 Å². The summed E-state index contributed by atoms with van der Waals surface area (Å²) in [7, 11) is 0. The van der Waals surface area contributed by atoms with Crippen LogP contribution in [0.2, 0.25) is 0 Å². The highest BCUT2D eigenvalue weighted by Crippen LogP contribution is 2.22. The number of nitrogens with one attached hydrogen (secondary N) is 1. The Morgan fingerprint density at radius 2 is 1.93 bits per heavy atom. The van der Waals surface area contributed by atoms with Gasteiger partial charge in [-0.15, -0.1) is 0 Å². The number of nitrogens with zero attached hydrogens (tertiary/aromatic N) is 4. The fourth-order valence-corrected chi connectivity index (χ4v) is 3.17. The van der Waals surface area contributed by atoms with E-state index in [1.807, 2.05) is 37.3 Å². The van der Waals surface area contributed by atoms with Crippen molar-refractivity contribution in [3.8, 4) is 11.3 Å². The molecule has 150 valence electrons. The Hall–Kier alpha value is -3.46. The van der Waals surface area contributed by atoms with Crippen LogP contribution in [0.25, 0.3) is 11.3 Å². The Kier molecular flexibility index (Phi) is 5.39. The van der Waals surface area contributed by atoms with Crippen molar-refractivity contribution < 1.29 is 18.8 Å². The molecule has 0 unspecified atom stereocenters. The van der Waals surface area contributed by atoms with E-state index in [9.17, 15) is 9.59 Å². The molecule has 0 atom stereocenters. The third-order valence-corrected chi connectivity index (χ3v) is 4.69. The van der Waals surface area contributed by atoms with E-state index >= 15 is 0 Å². The van der Waals surface area contributed by atoms with E-state index in [-0.39, 0.29) is 11.6 Å². The first kappa shape index (κ1) is 18.9. The zero-order valence-electron chi connectivity index (χ0n) is 16.0. The number of rotatable bonds is 5. The first-order valence-electron chi connectivity index (χ1n) is 9.43. The summed E-state index contributed by atoms with van der Waals surface area (Å²) < 4.78 is 12.2. The number of aromatic nitrogens is 3. The Bertz CT molecular complexity index is 1010. The number of morpholine rings is 1. The second-order valence-electron chi connectivity index (χ2n) is 6.52. The van der Waals surface area contributed by atoms with Crippen LogP contribution in [0.1, 0.15) is 27.9 Å². The summed E-state index contributed by atoms with van der Waals surface area (Å²) in [6.45, 7) is 4.39. The van der Waals surface area contributed by atoms with Gasteiger partial charge in [0.05, 0.1) is 25.1 Å². The van der Waals surface area contributed by atoms with Crippen LogP contribution in [0.3, 0.4) is 0 Å². The highest BCUT2D eigenvalue weighted by Gasteiger charge is 2.26. The Labute approximate surface area is 167 Å². The summed E-state index contributed by atoms with van der Waals surface area (Å²) in [6.07, 6.45) is 1.48. The van der Waals surface area contributed by atoms with Crippen LogP contribution < -0.4 is 5.32 Å². The molecule has 9 heteroatoms. The van der Waals surface area contributed by atoms with E-state index in [4.69, 9.17) is 9.26 Å². The van der Waals surface area contributed by atoms with E-state index in [2.05, 4.69) is 15.6 Å². The van der Waals surface area contributed by atoms with Crippen LogP contribution in [0.4, 0.5) is 5.69 Å². The Balaban J connectivity index is 1.55. The third kappa shape index (κ3) is 3.90. The minimum absolute atomic E-state index is 0.123. The summed E-state index contributed by atoms with van der Waals surface area (Å²) in [5.74, 6) is -0.166. The fourth-order valence-electron chi connectivity index (χ4n) is 3.17. The van der Waals surface area contributed by atoms with Crippen molar-refractivity contribution in [2.45, 2.75) is 13.5 Å². The Morgan fingerprint density at radius 3 is 2.66 bits per heavy atom. The van der Waals surface area contributed by atoms with E-state index in [1.165, 1.54) is 6.20 Å². The van der Waals surface area contributed by atoms with Crippen molar-refractivity contribution in [2.75, 3.05) is 31.6 Å². The zero-order valence-corrected chi connectivity index (χ0v) is 16.0. The van der Waals surface area contributed by atoms with Crippen LogP contribution in [-0.2, 0) is 11.3 Å². The van der Waals surface area contributed by atoms with Crippen LogP contribution in [-0.4, -0.2) is 58.0 Å². The lowest BCUT2D eigenvalue weighted by molar-refractivity contribution is 0.0295. The number of hydrogen-bond donors (Lipinski definition) is 1. The number of hydrogen-bond acceptors (Lipinski definition) is 6. The molecule has 0 aliphatic carbocycles. The van der Waals surface area contributed by atoms with Crippen molar-refractivity contribution in [1.82, 2.24) is 19.8 Å². The average Bonchev–Trinajstić information content (AvgIpc) is 3.42. The average molecular weight is 395 g/mol. The van der Waals surface area contributed by atoms with Crippen molar-refractivity contribution >= 4 is 17.5 Å². The van der Waals surface area contributed by atoms with Gasteiger partial charge >= 0.3 is 0 Å². The molecule has 2 aromatic heterocycles. The van der Waals surface area contributed by atoms with Crippen molar-refractivity contribution in [3.63, 3.8) is 0 Å². The van der Waals surface area contributed by atoms with Gasteiger partial charge in [0.2, 0.25) is 0 Å². The molecule has 0 spiro atoms. The zero-order chi connectivity index (χ0) is 20.2. The van der Waals surface area contributed by atoms with Gasteiger partial charge in [0, 0.05) is 31.3 Å². The molecule has 0 bridgehead atoms. The van der Waals surface area contributed by atoms with Crippen LogP contribution in [0, 0.1) is 0 Å². The SMILES string of the molecule is CCn1ncc(NC(=O)c2cc(-c3ccccc3)on2)c1C(=O)N1CCOCC1. The van der Waals surface area contributed by atoms with Crippen molar-refractivity contribution in [3.05, 3.63) is 54.0 Å². The fraction of sp³-hybridized carbons (Fsp3) is 0.300. The maximum absolute atomic E-state index is 13.0. The highest BCUT2D eigenvalue weighted by atomic mass is 16.5. The van der Waals surface area contributed by atoms with Gasteiger partial charge in [0.15, 0.2) is 11.5 Å². The minimum Gasteiger partial charge on any atom is -0.378 e. The predicted octanol–water partition coefficient (Wildman–Crippen LogP) is 2.28. The minimum atomic E-state index is -0.470. The molecule has 0 radical (unpaired) electrons. The summed E-state index contributed by atoms with van der Waals surface area (Å²) in [6, 6.07) is 10.9. The molecule has 2 amide bonds. The van der Waals surface area contributed by atoms with E-state index < -0.39 is 5.91 Å². The van der Waals surface area contributed by atoms with Gasteiger partial charge in [-0.1, -0.05) is 35.5 Å². The predicted molar refractivity (Wildman–Crippen MR) is 105 cm³/mol. The monoisotopic (exact) mass is 395 g/mol. The molecular formula is C20H21N5O4. The third-order valence-electron chi connectivity index (χ3n) is 4.69. The molecule has 1 N–H and O–H groups in total. The normalized spacial score (nSPS) is 14.0. The van der Waals surface area contributed by atoms with E-state index in [0.717, 1.165) is 5.56 Å². The maximum Gasteiger partial charge on any atom is 0.277 e. The maximum atomic E-state index is 13.0. The quantitative estimate of drug-likeness (QED) is 0.711. The van der Waals surface area contributed by atoms with Crippen LogP contribution in [0.15, 0.2) is 47.1 Å². The second kappa shape index (κ2) is 8.27. The second-order valence-corrected chi connectivity index (χ2v) is 6.52. The number of benzene rings is 1. The first-order valence-corrected chi connectivity index (χ1v) is 9.43. The summed E-state index contributed by atoms with van der Waals surface area (Å²) in [5, 5.41) is 10.8. The number of carbonyl (C=O) groups excluding carboxylic acids is 2. The van der Waals surface area contributed by atoms with Crippen LogP contribution in [0.5, 0.6) is 0 Å². The van der Waals surface area contributed by atoms with Gasteiger partial charge in [-0.2, -0.15) is 5.10 Å². The molecule has 3 aromatic rings. The van der Waals surface area contributed by atoms with Crippen LogP contribution >= 0.6 is 0 Å². The van der Waals surface area contributed by atoms with Gasteiger partial charge < -0.3 is 19.5 Å². The molecule has 1 saturated heterocycles. The molecular weight excluding hydrogens is 374 g/mol. The van der Waals surface area contributed by atoms with Crippen molar-refractivity contribution in [1.29, 1.82) is 0 Å². The number of carbonyl (C=O) groups is 2. The lowest BCUT2D eigenvalue weighted by Gasteiger charge is -2.27. The topological polar surface area (TPSA) is 102 Å². The van der Waals surface area contributed by atoms with Gasteiger partial charge in [-0.05, 0) is 6.92 Å². The smallest absolute Gasteiger partial charge is 0.277 e. The summed E-state index contributed by atoms with van der Waals surface area (Å²) in [5.41, 5.74) is 1.63. The number of ether oxygens (including phenoxy) is 1. The highest BCUT2D eigenvalue weighted by molar-refractivity contribution is 6.07. The van der Waals surface area contributed by atoms with Gasteiger partial charge in [-0.3, -0.25) is 14.3 Å². The Morgan fingerprint density at radius 1 is 1.17 bits per heavy atom. The largest absolute Gasteiger partial charge is 0.378 e. The molecule has 4 rings (SSSR count). The number of aryl methyl sites for hydroxylation is 1. The summed E-state index contributed by atoms with van der Waals surface area (Å²) in [4.78, 5) is 27.4. The molecule has 1 aliphatic rings. The standard InChI is InChI=1S/C20H21N5O4/c1-2-25-18(20(27)24-8-10-28-11-9-24)16(13-21-25)22-19(26)15-12-17(29-23-15)14-6-4-3-5-7-14/h3-7,12-13H,2,8-11H2,1H3,(H,22,26). The lowest BCUT2D eigenvalue weighted by Crippen LogP contribution is -2.41. The molecule has 1 fully saturated rings. The number of anilines is 1. The molecule has 3 heterocycles. The lowest BCUT2D eigenvalue weighted by atomic mass is 10.1. The van der Waals surface area contributed by atoms with Gasteiger partial charge in [-0.25, -0.2) is 0 Å². The molecule has 1 aromatic carbocycles. The van der Waals surface area contributed by atoms with E-state index in [0.29, 0.717) is 50.0 Å². The van der Waals surface area contributed by atoms with E-state index in [1.54, 1.807) is 15.6 Å². The molecule has 9 nitrogen and oxygen atoms in total. The molecule has 29 heavy (non-hydrogen) atoms. The summed E-state index contributed by atoms with van der Waals surface area (Å²) >= 11 is 0. The van der Waals surface area contributed by atoms with Crippen molar-refractivity contribution in [2.24, 2.45) is 0 Å². The first-order chi connectivity index (χ1) is 14.2. The number of amides is 2. The molecule has 0 saturated carbocycles. The molecule has 1 aliphatic heterocycles. The van der Waals surface area contributed by atoms with Gasteiger partial charge in [0.25, 0.3) is 11.8 Å².